The molecule has 0 N–H and O–H groups in total. The molecule has 0 atom stereocenters. The first-order valence-corrected chi connectivity index (χ1v) is 4.62. The molecule has 1 aromatic carbocycles. The van der Waals surface area contributed by atoms with Gasteiger partial charge in [0, 0.05) is 18.2 Å². The topological polar surface area (TPSA) is 41.8 Å². The summed E-state index contributed by atoms with van der Waals surface area (Å²) < 4.78 is 0. The second-order valence-corrected chi connectivity index (χ2v) is 3.41. The first-order chi connectivity index (χ1) is 6.84. The van der Waals surface area contributed by atoms with Gasteiger partial charge in [0.25, 0.3) is 5.91 Å². The maximum absolute atomic E-state index is 11.0. The molecule has 0 radical (unpaired) electrons. The van der Waals surface area contributed by atoms with Crippen molar-refractivity contribution in [1.82, 2.24) is 0 Å². The summed E-state index contributed by atoms with van der Waals surface area (Å²) in [6.45, 7) is 0.855. The number of carbonyl (C=O) groups is 1. The average Bonchev–Trinajstić information content (AvgIpc) is 2.65. The maximum Gasteiger partial charge on any atom is 0.270 e. The Balaban J connectivity index is 2.42. The molecule has 3 heteroatoms. The van der Waals surface area contributed by atoms with Crippen molar-refractivity contribution >= 4 is 12.0 Å². The molecule has 68 valence electrons. The van der Waals surface area contributed by atoms with Crippen molar-refractivity contribution in [2.45, 2.75) is 6.42 Å². The summed E-state index contributed by atoms with van der Waals surface area (Å²) in [4.78, 5) is 19.4. The third-order valence-corrected chi connectivity index (χ3v) is 2.58. The van der Waals surface area contributed by atoms with Gasteiger partial charge in [0.05, 0.1) is 10.7 Å². The molecule has 0 bridgehead atoms. The van der Waals surface area contributed by atoms with Gasteiger partial charge in [-0.05, 0) is 30.2 Å². The van der Waals surface area contributed by atoms with E-state index in [1.54, 1.807) is 0 Å². The Hall–Kier alpha value is -1.77. The Morgan fingerprint density at radius 1 is 1.14 bits per heavy atom. The smallest absolute Gasteiger partial charge is 0.270 e. The summed E-state index contributed by atoms with van der Waals surface area (Å²) in [6, 6.07) is 3.81. The minimum Gasteiger partial charge on any atom is -0.285 e. The summed E-state index contributed by atoms with van der Waals surface area (Å²) in [5.41, 5.74) is 2.30. The van der Waals surface area contributed by atoms with Gasteiger partial charge in [0.1, 0.15) is 0 Å². The highest BCUT2D eigenvalue weighted by Gasteiger charge is 2.12. The summed E-state index contributed by atoms with van der Waals surface area (Å²) in [7, 11) is 0. The minimum absolute atomic E-state index is 0.174. The Labute approximate surface area is 80.5 Å². The van der Waals surface area contributed by atoms with E-state index in [9.17, 15) is 4.79 Å². The number of carbonyl (C=O) groups excluding carboxylic acids is 1. The molecular formula is C11H8N2O. The quantitative estimate of drug-likeness (QED) is 0.561. The van der Waals surface area contributed by atoms with Gasteiger partial charge in [-0.3, -0.25) is 9.79 Å². The molecule has 2 aliphatic heterocycles. The van der Waals surface area contributed by atoms with Crippen molar-refractivity contribution in [3.8, 4) is 0 Å². The number of fused-ring (bicyclic) bond motifs is 3. The maximum atomic E-state index is 11.0. The highest BCUT2D eigenvalue weighted by molar-refractivity contribution is 5.94. The third-order valence-electron chi connectivity index (χ3n) is 2.58. The zero-order valence-electron chi connectivity index (χ0n) is 7.53. The highest BCUT2D eigenvalue weighted by Crippen LogP contribution is 2.09. The van der Waals surface area contributed by atoms with Crippen LogP contribution in [0.3, 0.4) is 0 Å². The number of nitrogens with zero attached hydrogens (tertiary/aromatic N) is 2. The van der Waals surface area contributed by atoms with Gasteiger partial charge in [-0.1, -0.05) is 0 Å². The molecule has 0 fully saturated rings. The Morgan fingerprint density at radius 3 is 2.93 bits per heavy atom. The molecule has 2 aliphatic rings. The first-order valence-electron chi connectivity index (χ1n) is 4.62. The van der Waals surface area contributed by atoms with E-state index >= 15 is 0 Å². The molecule has 1 amide bonds. The van der Waals surface area contributed by atoms with Crippen molar-refractivity contribution < 1.29 is 4.79 Å². The van der Waals surface area contributed by atoms with Crippen molar-refractivity contribution in [3.63, 3.8) is 0 Å². The SMILES string of the molecule is O=C1C=Cc2c3c(ccc2=N1)=NCC3. The predicted molar refractivity (Wildman–Crippen MR) is 51.4 cm³/mol. The van der Waals surface area contributed by atoms with Gasteiger partial charge in [-0.25, -0.2) is 4.99 Å². The lowest BCUT2D eigenvalue weighted by Crippen LogP contribution is -2.20. The lowest BCUT2D eigenvalue weighted by atomic mass is 10.0. The molecule has 3 rings (SSSR count). The summed E-state index contributed by atoms with van der Waals surface area (Å²) in [5.74, 6) is -0.174. The Kier molecular flexibility index (Phi) is 1.42. The molecule has 0 unspecified atom stereocenters. The second kappa shape index (κ2) is 2.61. The molecule has 3 nitrogen and oxygen atoms in total. The van der Waals surface area contributed by atoms with Gasteiger partial charge < -0.3 is 0 Å². The van der Waals surface area contributed by atoms with Gasteiger partial charge in [0.2, 0.25) is 0 Å². The fourth-order valence-electron chi connectivity index (χ4n) is 1.93. The van der Waals surface area contributed by atoms with Gasteiger partial charge in [-0.2, -0.15) is 0 Å². The van der Waals surface area contributed by atoms with Gasteiger partial charge in [0.15, 0.2) is 0 Å². The monoisotopic (exact) mass is 184 g/mol. The van der Waals surface area contributed by atoms with Crippen LogP contribution in [0.2, 0.25) is 0 Å². The molecule has 0 saturated heterocycles. The predicted octanol–water partition coefficient (Wildman–Crippen LogP) is 0.0353. The number of amides is 1. The molecule has 1 aromatic rings. The summed E-state index contributed by atoms with van der Waals surface area (Å²) >= 11 is 0. The van der Waals surface area contributed by atoms with Gasteiger partial charge in [-0.15, -0.1) is 0 Å². The summed E-state index contributed by atoms with van der Waals surface area (Å²) in [6.07, 6.45) is 4.33. The van der Waals surface area contributed by atoms with E-state index < -0.39 is 0 Å². The molecule has 0 aliphatic carbocycles. The number of rotatable bonds is 0. The number of benzene rings is 1. The minimum atomic E-state index is -0.174. The van der Waals surface area contributed by atoms with Crippen molar-refractivity contribution in [2.75, 3.05) is 6.54 Å². The first kappa shape index (κ1) is 7.62. The lowest BCUT2D eigenvalue weighted by Gasteiger charge is -2.03. The van der Waals surface area contributed by atoms with Gasteiger partial charge >= 0.3 is 0 Å². The largest absolute Gasteiger partial charge is 0.285 e. The van der Waals surface area contributed by atoms with E-state index in [0.29, 0.717) is 0 Å². The van der Waals surface area contributed by atoms with Crippen LogP contribution in [0.1, 0.15) is 11.1 Å². The Bertz CT molecular complexity index is 570. The highest BCUT2D eigenvalue weighted by atomic mass is 16.1. The van der Waals surface area contributed by atoms with E-state index in [4.69, 9.17) is 0 Å². The zero-order chi connectivity index (χ0) is 9.54. The van der Waals surface area contributed by atoms with Crippen LogP contribution < -0.4 is 10.7 Å². The van der Waals surface area contributed by atoms with E-state index in [-0.39, 0.29) is 5.91 Å². The molecule has 0 spiro atoms. The second-order valence-electron chi connectivity index (χ2n) is 3.41. The number of hydrogen-bond donors (Lipinski definition) is 0. The normalized spacial score (nSPS) is 17.0. The molecule has 0 aromatic heterocycles. The third kappa shape index (κ3) is 0.954. The van der Waals surface area contributed by atoms with Crippen LogP contribution in [0, 0.1) is 0 Å². The van der Waals surface area contributed by atoms with Crippen molar-refractivity contribution in [3.05, 3.63) is 40.1 Å². The average molecular weight is 184 g/mol. The van der Waals surface area contributed by atoms with Crippen LogP contribution in [-0.2, 0) is 11.2 Å². The van der Waals surface area contributed by atoms with Crippen LogP contribution >= 0.6 is 0 Å². The van der Waals surface area contributed by atoms with Crippen LogP contribution in [0.5, 0.6) is 0 Å². The Morgan fingerprint density at radius 2 is 2.00 bits per heavy atom. The zero-order valence-corrected chi connectivity index (χ0v) is 7.53. The molecule has 14 heavy (non-hydrogen) atoms. The van der Waals surface area contributed by atoms with Crippen LogP contribution in [0.4, 0.5) is 0 Å². The molecular weight excluding hydrogens is 176 g/mol. The molecule has 2 heterocycles. The van der Waals surface area contributed by atoms with Crippen molar-refractivity contribution in [1.29, 1.82) is 0 Å². The van der Waals surface area contributed by atoms with E-state index in [2.05, 4.69) is 9.98 Å². The lowest BCUT2D eigenvalue weighted by molar-refractivity contribution is -0.113. The van der Waals surface area contributed by atoms with Crippen LogP contribution in [-0.4, -0.2) is 12.5 Å². The fourth-order valence-corrected chi connectivity index (χ4v) is 1.93. The van der Waals surface area contributed by atoms with E-state index in [1.165, 1.54) is 11.6 Å². The van der Waals surface area contributed by atoms with Crippen LogP contribution in [0.25, 0.3) is 6.08 Å². The van der Waals surface area contributed by atoms with Crippen molar-refractivity contribution in [2.24, 2.45) is 9.98 Å². The summed E-state index contributed by atoms with van der Waals surface area (Å²) in [5, 5.41) is 1.84. The fraction of sp³-hybridized carbons (Fsp3) is 0.182. The van der Waals surface area contributed by atoms with E-state index in [0.717, 1.165) is 29.2 Å². The number of hydrogen-bond acceptors (Lipinski definition) is 2. The standard InChI is InChI=1S/C11H8N2O/c14-11-4-1-7-8-5-6-12-9(8)2-3-10(7)13-11/h1-4H,5-6H2. The van der Waals surface area contributed by atoms with Crippen LogP contribution in [0.15, 0.2) is 28.2 Å². The van der Waals surface area contributed by atoms with E-state index in [1.807, 2.05) is 18.2 Å². The molecule has 0 saturated carbocycles.